The number of anilines is 1. The quantitative estimate of drug-likeness (QED) is 0.376. The molecule has 178 valence electrons. The molecule has 0 heterocycles. The molecule has 0 saturated heterocycles. The molecule has 0 fully saturated rings. The van der Waals surface area contributed by atoms with E-state index in [0.29, 0.717) is 24.1 Å². The zero-order valence-corrected chi connectivity index (χ0v) is 20.4. The Kier molecular flexibility index (Phi) is 14.6. The number of nitrogens with one attached hydrogen (secondary N) is 1. The first-order valence-corrected chi connectivity index (χ1v) is 10.9. The Bertz CT molecular complexity index is 957. The first-order chi connectivity index (χ1) is 14.7. The second-order valence-corrected chi connectivity index (χ2v) is 8.33. The highest BCUT2D eigenvalue weighted by Crippen LogP contribution is 2.23. The molecular formula is C23H34F2N4O2S. The number of primary sulfonamides is 1. The maximum Gasteiger partial charge on any atom is 0.238 e. The summed E-state index contributed by atoms with van der Waals surface area (Å²) >= 11 is 0. The molecule has 0 bridgehead atoms. The summed E-state index contributed by atoms with van der Waals surface area (Å²) in [4.78, 5) is 8.05. The van der Waals surface area contributed by atoms with Gasteiger partial charge in [-0.3, -0.25) is 14.4 Å². The van der Waals surface area contributed by atoms with Crippen molar-refractivity contribution < 1.29 is 17.2 Å². The third-order valence-electron chi connectivity index (χ3n) is 3.52. The molecule has 32 heavy (non-hydrogen) atoms. The van der Waals surface area contributed by atoms with Crippen LogP contribution < -0.4 is 10.5 Å². The van der Waals surface area contributed by atoms with Crippen LogP contribution in [0.5, 0.6) is 0 Å². The van der Waals surface area contributed by atoms with Crippen LogP contribution in [-0.4, -0.2) is 33.2 Å². The number of benzene rings is 1. The SMILES string of the molecule is C=C(C)N=CC.C=CC(=C)C(C)=N/C(=C\Nc1ccc(S(N)(=O)=O)cc1)C(C)(C)F.CF. The first kappa shape index (κ1) is 31.3. The molecule has 1 aromatic carbocycles. The van der Waals surface area contributed by atoms with Gasteiger partial charge in [-0.15, -0.1) is 0 Å². The number of hydrogen-bond donors (Lipinski definition) is 2. The number of hydrogen-bond acceptors (Lipinski definition) is 5. The van der Waals surface area contributed by atoms with Gasteiger partial charge in [-0.1, -0.05) is 25.8 Å². The highest BCUT2D eigenvalue weighted by atomic mass is 32.2. The van der Waals surface area contributed by atoms with Gasteiger partial charge in [-0.25, -0.2) is 17.9 Å². The fourth-order valence-corrected chi connectivity index (χ4v) is 2.37. The van der Waals surface area contributed by atoms with Gasteiger partial charge in [0.2, 0.25) is 10.0 Å². The van der Waals surface area contributed by atoms with Gasteiger partial charge >= 0.3 is 0 Å². The predicted octanol–water partition coefficient (Wildman–Crippen LogP) is 5.73. The predicted molar refractivity (Wildman–Crippen MR) is 133 cm³/mol. The lowest BCUT2D eigenvalue weighted by Gasteiger charge is -2.16. The number of nitrogens with zero attached hydrogens (tertiary/aromatic N) is 2. The zero-order valence-electron chi connectivity index (χ0n) is 19.6. The van der Waals surface area contributed by atoms with Crippen molar-refractivity contribution in [2.45, 2.75) is 45.2 Å². The van der Waals surface area contributed by atoms with Crippen LogP contribution in [0.3, 0.4) is 0 Å². The van der Waals surface area contributed by atoms with Gasteiger partial charge in [0, 0.05) is 29.5 Å². The second-order valence-electron chi connectivity index (χ2n) is 6.76. The summed E-state index contributed by atoms with van der Waals surface area (Å²) in [6.07, 6.45) is 4.69. The van der Waals surface area contributed by atoms with E-state index in [2.05, 4.69) is 35.0 Å². The Balaban J connectivity index is 0. The van der Waals surface area contributed by atoms with Gasteiger partial charge in [0.05, 0.1) is 17.8 Å². The second kappa shape index (κ2) is 15.0. The van der Waals surface area contributed by atoms with E-state index in [1.54, 1.807) is 19.2 Å². The van der Waals surface area contributed by atoms with Crippen molar-refractivity contribution in [2.24, 2.45) is 15.1 Å². The molecule has 0 saturated carbocycles. The molecule has 0 aliphatic rings. The molecule has 0 unspecified atom stereocenters. The number of nitrogens with two attached hydrogens (primary N) is 1. The number of halogens is 2. The van der Waals surface area contributed by atoms with Crippen LogP contribution >= 0.6 is 0 Å². The molecule has 0 aliphatic carbocycles. The topological polar surface area (TPSA) is 96.9 Å². The van der Waals surface area contributed by atoms with Crippen LogP contribution in [0.2, 0.25) is 0 Å². The van der Waals surface area contributed by atoms with Crippen molar-refractivity contribution >= 4 is 27.6 Å². The first-order valence-electron chi connectivity index (χ1n) is 9.40. The van der Waals surface area contributed by atoms with Crippen LogP contribution in [-0.2, 0) is 10.0 Å². The minimum Gasteiger partial charge on any atom is -0.360 e. The maximum absolute atomic E-state index is 14.3. The lowest BCUT2D eigenvalue weighted by atomic mass is 10.1. The van der Waals surface area contributed by atoms with E-state index in [4.69, 9.17) is 5.14 Å². The Labute approximate surface area is 191 Å². The van der Waals surface area contributed by atoms with Crippen LogP contribution in [0.15, 0.2) is 88.1 Å². The summed E-state index contributed by atoms with van der Waals surface area (Å²) in [5.41, 5.74) is 1.06. The molecule has 0 atom stereocenters. The Morgan fingerprint density at radius 1 is 1.16 bits per heavy atom. The fourth-order valence-electron chi connectivity index (χ4n) is 1.85. The molecule has 3 N–H and O–H groups in total. The van der Waals surface area contributed by atoms with Gasteiger partial charge in [0.1, 0.15) is 5.67 Å². The molecular weight excluding hydrogens is 434 g/mol. The number of alkyl halides is 2. The largest absolute Gasteiger partial charge is 0.360 e. The minimum atomic E-state index is -3.75. The highest BCUT2D eigenvalue weighted by Gasteiger charge is 2.22. The van der Waals surface area contributed by atoms with E-state index in [1.807, 2.05) is 13.8 Å². The summed E-state index contributed by atoms with van der Waals surface area (Å²) in [6.45, 7) is 19.1. The zero-order chi connectivity index (χ0) is 25.5. The Hall–Kier alpha value is -2.91. The number of allylic oxidation sites excluding steroid dienone is 4. The van der Waals surface area contributed by atoms with Gasteiger partial charge in [0.25, 0.3) is 0 Å². The van der Waals surface area contributed by atoms with Crippen molar-refractivity contribution in [3.8, 4) is 0 Å². The van der Waals surface area contributed by atoms with E-state index < -0.39 is 15.7 Å². The van der Waals surface area contributed by atoms with Crippen molar-refractivity contribution in [3.05, 3.63) is 73.2 Å². The third-order valence-corrected chi connectivity index (χ3v) is 4.45. The lowest BCUT2D eigenvalue weighted by molar-refractivity contribution is 0.266. The molecule has 0 aliphatic heterocycles. The standard InChI is InChI=1S/C17H22FN3O2S.C5H9N.CH3F/c1-6-12(2)13(3)21-16(17(4,5)18)11-20-14-7-9-15(10-8-14)24(19,22)23;1-4-6-5(2)3;1-2/h6-11,20H,1-2H2,3-5H3,(H2,19,22,23);4H,2H2,1,3H3;1H3/b16-11-,21-13?;;. The molecule has 6 nitrogen and oxygen atoms in total. The van der Waals surface area contributed by atoms with Gasteiger partial charge in [0.15, 0.2) is 0 Å². The average Bonchev–Trinajstić information content (AvgIpc) is 2.71. The summed E-state index contributed by atoms with van der Waals surface area (Å²) in [7, 11) is -3.25. The Morgan fingerprint density at radius 2 is 1.66 bits per heavy atom. The van der Waals surface area contributed by atoms with Crippen molar-refractivity contribution in [1.29, 1.82) is 0 Å². The minimum absolute atomic E-state index is 0.000720. The number of aliphatic imine (C=N–C) groups is 2. The fraction of sp³-hybridized carbons (Fsp3) is 0.304. The third kappa shape index (κ3) is 13.4. The Morgan fingerprint density at radius 3 is 1.97 bits per heavy atom. The molecule has 0 radical (unpaired) electrons. The summed E-state index contributed by atoms with van der Waals surface area (Å²) in [6, 6.07) is 5.77. The molecule has 0 aromatic heterocycles. The summed E-state index contributed by atoms with van der Waals surface area (Å²) in [5.74, 6) is 0. The van der Waals surface area contributed by atoms with Crippen LogP contribution in [0.4, 0.5) is 14.5 Å². The molecule has 0 spiro atoms. The molecule has 1 aromatic rings. The average molecular weight is 469 g/mol. The molecule has 9 heteroatoms. The van der Waals surface area contributed by atoms with E-state index >= 15 is 0 Å². The van der Waals surface area contributed by atoms with E-state index in [1.165, 1.54) is 44.3 Å². The van der Waals surface area contributed by atoms with E-state index in [9.17, 15) is 17.2 Å². The van der Waals surface area contributed by atoms with Gasteiger partial charge in [-0.05, 0) is 64.5 Å². The number of rotatable bonds is 8. The summed E-state index contributed by atoms with van der Waals surface area (Å²) < 4.78 is 46.3. The van der Waals surface area contributed by atoms with E-state index in [-0.39, 0.29) is 10.6 Å². The van der Waals surface area contributed by atoms with Crippen molar-refractivity contribution in [3.63, 3.8) is 0 Å². The van der Waals surface area contributed by atoms with E-state index in [0.717, 1.165) is 5.70 Å². The number of sulfonamides is 1. The monoisotopic (exact) mass is 468 g/mol. The van der Waals surface area contributed by atoms with Crippen molar-refractivity contribution in [2.75, 3.05) is 12.5 Å². The van der Waals surface area contributed by atoms with Crippen LogP contribution in [0.1, 0.15) is 34.6 Å². The van der Waals surface area contributed by atoms with Crippen LogP contribution in [0.25, 0.3) is 0 Å². The molecule has 0 amide bonds. The lowest BCUT2D eigenvalue weighted by Crippen LogP contribution is -2.17. The van der Waals surface area contributed by atoms with Crippen LogP contribution in [0, 0.1) is 0 Å². The smallest absolute Gasteiger partial charge is 0.238 e. The van der Waals surface area contributed by atoms with Gasteiger partial charge < -0.3 is 5.32 Å². The molecule has 1 rings (SSSR count). The summed E-state index contributed by atoms with van der Waals surface area (Å²) in [5, 5.41) is 7.93. The van der Waals surface area contributed by atoms with Crippen molar-refractivity contribution in [1.82, 2.24) is 0 Å². The highest BCUT2D eigenvalue weighted by molar-refractivity contribution is 7.89. The maximum atomic E-state index is 14.3. The van der Waals surface area contributed by atoms with Gasteiger partial charge in [-0.2, -0.15) is 0 Å². The normalized spacial score (nSPS) is 12.2.